The normalized spacial score (nSPS) is 43.2. The van der Waals surface area contributed by atoms with Crippen LogP contribution in [0.15, 0.2) is 0 Å². The summed E-state index contributed by atoms with van der Waals surface area (Å²) in [6, 6.07) is 0. The van der Waals surface area contributed by atoms with E-state index >= 15 is 0 Å². The van der Waals surface area contributed by atoms with Crippen LogP contribution in [0.3, 0.4) is 0 Å². The molecule has 3 unspecified atom stereocenters. The summed E-state index contributed by atoms with van der Waals surface area (Å²) in [6.45, 7) is 0. The van der Waals surface area contributed by atoms with E-state index in [9.17, 15) is 9.59 Å². The highest BCUT2D eigenvalue weighted by molar-refractivity contribution is 9.09. The number of carbonyl (C=O) groups is 2. The van der Waals surface area contributed by atoms with E-state index in [1.54, 1.807) is 0 Å². The van der Waals surface area contributed by atoms with Crippen molar-refractivity contribution in [2.45, 2.75) is 24.1 Å². The van der Waals surface area contributed by atoms with Gasteiger partial charge in [-0.1, -0.05) is 15.9 Å². The van der Waals surface area contributed by atoms with Gasteiger partial charge in [-0.25, -0.2) is 0 Å². The zero-order valence-corrected chi connectivity index (χ0v) is 7.63. The van der Waals surface area contributed by atoms with Crippen molar-refractivity contribution < 1.29 is 9.59 Å². The molecule has 0 saturated heterocycles. The molecule has 0 aliphatic heterocycles. The molecule has 0 radical (unpaired) electrons. The van der Waals surface area contributed by atoms with E-state index in [1.807, 2.05) is 0 Å². The van der Waals surface area contributed by atoms with Crippen molar-refractivity contribution in [2.24, 2.45) is 11.8 Å². The van der Waals surface area contributed by atoms with Gasteiger partial charge >= 0.3 is 0 Å². The van der Waals surface area contributed by atoms with Crippen LogP contribution in [0.25, 0.3) is 0 Å². The van der Waals surface area contributed by atoms with Gasteiger partial charge < -0.3 is 0 Å². The average Bonchev–Trinajstić information content (AvgIpc) is 1.99. The summed E-state index contributed by atoms with van der Waals surface area (Å²) >= 11 is 3.44. The number of fused-ring (bicyclic) bond motifs is 3. The molecule has 3 rings (SSSR count). The number of hydrogen-bond donors (Lipinski definition) is 0. The molecule has 3 heteroatoms. The van der Waals surface area contributed by atoms with Crippen molar-refractivity contribution in [2.75, 3.05) is 0 Å². The molecule has 3 aliphatic carbocycles. The van der Waals surface area contributed by atoms with Gasteiger partial charge in [0.25, 0.3) is 0 Å². The molecule has 0 aromatic heterocycles. The maximum Gasteiger partial charge on any atom is 0.202 e. The number of rotatable bonds is 0. The first kappa shape index (κ1) is 7.47. The maximum absolute atomic E-state index is 11.2. The highest BCUT2D eigenvalue weighted by Gasteiger charge is 2.46. The van der Waals surface area contributed by atoms with Crippen molar-refractivity contribution in [1.82, 2.24) is 0 Å². The molecular weight excluding hydrogens is 208 g/mol. The molecule has 11 heavy (non-hydrogen) atoms. The molecule has 2 nitrogen and oxygen atoms in total. The molecule has 60 valence electrons. The van der Waals surface area contributed by atoms with Gasteiger partial charge in [0.1, 0.15) is 0 Å². The van der Waals surface area contributed by atoms with Crippen LogP contribution in [0.2, 0.25) is 0 Å². The Hall–Kier alpha value is -0.180. The second-order valence-corrected chi connectivity index (χ2v) is 4.54. The van der Waals surface area contributed by atoms with E-state index < -0.39 is 0 Å². The van der Waals surface area contributed by atoms with E-state index in [-0.39, 0.29) is 28.2 Å². The van der Waals surface area contributed by atoms with Crippen molar-refractivity contribution in [3.8, 4) is 0 Å². The summed E-state index contributed by atoms with van der Waals surface area (Å²) in [5.41, 5.74) is 0. The summed E-state index contributed by atoms with van der Waals surface area (Å²) in [4.78, 5) is 22.6. The second kappa shape index (κ2) is 2.41. The van der Waals surface area contributed by atoms with Gasteiger partial charge in [-0.05, 0) is 19.3 Å². The first-order valence-corrected chi connectivity index (χ1v) is 4.84. The minimum Gasteiger partial charge on any atom is -0.291 e. The Morgan fingerprint density at radius 2 is 1.91 bits per heavy atom. The zero-order valence-electron chi connectivity index (χ0n) is 6.05. The Balaban J connectivity index is 2.30. The van der Waals surface area contributed by atoms with Crippen molar-refractivity contribution in [1.29, 1.82) is 0 Å². The van der Waals surface area contributed by atoms with Crippen LogP contribution in [0.1, 0.15) is 19.3 Å². The third kappa shape index (κ3) is 0.975. The number of ketones is 2. The fourth-order valence-corrected chi connectivity index (χ4v) is 2.99. The van der Waals surface area contributed by atoms with Crippen LogP contribution in [0, 0.1) is 11.8 Å². The van der Waals surface area contributed by atoms with Crippen LogP contribution in [-0.4, -0.2) is 16.4 Å². The van der Waals surface area contributed by atoms with Crippen molar-refractivity contribution >= 4 is 27.5 Å². The summed E-state index contributed by atoms with van der Waals surface area (Å²) in [5, 5.41) is 0. The lowest BCUT2D eigenvalue weighted by Crippen LogP contribution is -2.46. The monoisotopic (exact) mass is 216 g/mol. The first-order valence-electron chi connectivity index (χ1n) is 3.92. The number of halogens is 1. The maximum atomic E-state index is 11.2. The van der Waals surface area contributed by atoms with Crippen LogP contribution in [-0.2, 0) is 9.59 Å². The van der Waals surface area contributed by atoms with Gasteiger partial charge in [0.15, 0.2) is 0 Å². The first-order chi connectivity index (χ1) is 5.20. The Morgan fingerprint density at radius 1 is 1.18 bits per heavy atom. The number of carbonyl (C=O) groups excluding carboxylic acids is 2. The topological polar surface area (TPSA) is 34.1 Å². The van der Waals surface area contributed by atoms with Gasteiger partial charge in [-0.15, -0.1) is 0 Å². The third-order valence-corrected chi connectivity index (χ3v) is 3.73. The van der Waals surface area contributed by atoms with Gasteiger partial charge in [-0.3, -0.25) is 9.59 Å². The fraction of sp³-hybridized carbons (Fsp3) is 0.750. The molecule has 3 aliphatic rings. The van der Waals surface area contributed by atoms with E-state index in [2.05, 4.69) is 15.9 Å². The van der Waals surface area contributed by atoms with Gasteiger partial charge in [0.2, 0.25) is 11.6 Å². The Kier molecular flexibility index (Phi) is 1.63. The quantitative estimate of drug-likeness (QED) is 0.453. The molecule has 0 amide bonds. The smallest absolute Gasteiger partial charge is 0.202 e. The molecule has 3 fully saturated rings. The highest BCUT2D eigenvalue weighted by atomic mass is 79.9. The summed E-state index contributed by atoms with van der Waals surface area (Å²) < 4.78 is 0. The summed E-state index contributed by atoms with van der Waals surface area (Å²) in [6.07, 6.45) is 2.71. The molecular formula is C8H9BrO2. The third-order valence-electron chi connectivity index (χ3n) is 2.72. The Labute approximate surface area is 73.5 Å². The van der Waals surface area contributed by atoms with Crippen LogP contribution < -0.4 is 0 Å². The van der Waals surface area contributed by atoms with E-state index in [0.717, 1.165) is 19.3 Å². The van der Waals surface area contributed by atoms with Gasteiger partial charge in [0, 0.05) is 16.7 Å². The number of Topliss-reactive ketones (excluding diaryl/α,β-unsaturated/α-hetero) is 2. The van der Waals surface area contributed by atoms with Gasteiger partial charge in [0.05, 0.1) is 0 Å². The van der Waals surface area contributed by atoms with Crippen LogP contribution in [0.5, 0.6) is 0 Å². The SMILES string of the molecule is O=C1C(=O)C2CCC1CC2Br. The lowest BCUT2D eigenvalue weighted by atomic mass is 9.69. The van der Waals surface area contributed by atoms with E-state index in [1.165, 1.54) is 0 Å². The largest absolute Gasteiger partial charge is 0.291 e. The fourth-order valence-electron chi connectivity index (χ4n) is 2.03. The lowest BCUT2D eigenvalue weighted by molar-refractivity contribution is -0.146. The van der Waals surface area contributed by atoms with E-state index in [4.69, 9.17) is 0 Å². The standard InChI is InChI=1S/C8H9BrO2/c9-6-3-4-1-2-5(6)8(11)7(4)10/h4-6H,1-3H2. The second-order valence-electron chi connectivity index (χ2n) is 3.36. The number of alkyl halides is 1. The predicted octanol–water partition coefficient (Wildman–Crippen LogP) is 1.32. The molecule has 3 atom stereocenters. The Morgan fingerprint density at radius 3 is 2.36 bits per heavy atom. The predicted molar refractivity (Wildman–Crippen MR) is 43.6 cm³/mol. The molecule has 2 bridgehead atoms. The molecule has 0 aromatic carbocycles. The van der Waals surface area contributed by atoms with Crippen molar-refractivity contribution in [3.63, 3.8) is 0 Å². The summed E-state index contributed by atoms with van der Waals surface area (Å²) in [7, 11) is 0. The zero-order chi connectivity index (χ0) is 8.01. The van der Waals surface area contributed by atoms with Crippen LogP contribution in [0.4, 0.5) is 0 Å². The minimum atomic E-state index is -0.130. The van der Waals surface area contributed by atoms with E-state index in [0.29, 0.717) is 0 Å². The number of hydrogen-bond acceptors (Lipinski definition) is 2. The molecule has 0 spiro atoms. The average molecular weight is 217 g/mol. The summed E-state index contributed by atoms with van der Waals surface area (Å²) in [5.74, 6) is -0.212. The van der Waals surface area contributed by atoms with Gasteiger partial charge in [-0.2, -0.15) is 0 Å². The molecule has 0 N–H and O–H groups in total. The van der Waals surface area contributed by atoms with Crippen LogP contribution >= 0.6 is 15.9 Å². The Bertz CT molecular complexity index is 224. The molecule has 3 saturated carbocycles. The molecule has 0 aromatic rings. The highest BCUT2D eigenvalue weighted by Crippen LogP contribution is 2.40. The minimum absolute atomic E-state index is 0.00694. The molecule has 0 heterocycles. The van der Waals surface area contributed by atoms with Crippen molar-refractivity contribution in [3.05, 3.63) is 0 Å². The lowest BCUT2D eigenvalue weighted by Gasteiger charge is -2.36.